The summed E-state index contributed by atoms with van der Waals surface area (Å²) in [4.78, 5) is 25.2. The number of benzene rings is 1. The number of methoxy groups -OCH3 is 1. The molecule has 4 rings (SSSR count). The SMILES string of the molecule is C=CC(=C)CC[C@]1(C)[C@H](C)C[C@H](O)C23C(=C[C@@H](OC(=O)c4ccc(O)cc4)C[C@H]21)[C@@H](OC)O[C@H]3OC(C)=O. The predicted octanol–water partition coefficient (Wildman–Crippen LogP) is 4.67. The van der Waals surface area contributed by atoms with Gasteiger partial charge < -0.3 is 29.2 Å². The molecule has 1 heterocycles. The average molecular weight is 527 g/mol. The number of phenols is 1. The summed E-state index contributed by atoms with van der Waals surface area (Å²) < 4.78 is 23.5. The van der Waals surface area contributed by atoms with Crippen LogP contribution >= 0.6 is 0 Å². The molecule has 0 bridgehead atoms. The van der Waals surface area contributed by atoms with E-state index in [2.05, 4.69) is 27.0 Å². The number of ether oxygens (including phenoxy) is 4. The van der Waals surface area contributed by atoms with Crippen molar-refractivity contribution in [2.24, 2.45) is 22.7 Å². The van der Waals surface area contributed by atoms with E-state index in [0.717, 1.165) is 12.0 Å². The van der Waals surface area contributed by atoms with Crippen LogP contribution in [0, 0.1) is 22.7 Å². The molecule has 8 heteroatoms. The number of hydrogen-bond donors (Lipinski definition) is 2. The van der Waals surface area contributed by atoms with E-state index >= 15 is 0 Å². The van der Waals surface area contributed by atoms with Gasteiger partial charge in [-0.2, -0.15) is 0 Å². The second-order valence-electron chi connectivity index (χ2n) is 11.0. The van der Waals surface area contributed by atoms with Gasteiger partial charge in [0.25, 0.3) is 0 Å². The van der Waals surface area contributed by atoms with Gasteiger partial charge in [-0.1, -0.05) is 38.7 Å². The van der Waals surface area contributed by atoms with Gasteiger partial charge in [0.15, 0.2) is 6.29 Å². The van der Waals surface area contributed by atoms with E-state index in [1.54, 1.807) is 12.2 Å². The molecule has 1 spiro atoms. The zero-order chi connectivity index (χ0) is 27.8. The van der Waals surface area contributed by atoms with Gasteiger partial charge in [0.2, 0.25) is 6.29 Å². The van der Waals surface area contributed by atoms with Crippen molar-refractivity contribution < 1.29 is 38.7 Å². The molecule has 1 unspecified atom stereocenters. The Morgan fingerprint density at radius 3 is 2.50 bits per heavy atom. The van der Waals surface area contributed by atoms with E-state index in [1.165, 1.54) is 38.3 Å². The minimum atomic E-state index is -1.06. The number of esters is 2. The second-order valence-corrected chi connectivity index (χ2v) is 11.0. The zero-order valence-corrected chi connectivity index (χ0v) is 22.5. The summed E-state index contributed by atoms with van der Waals surface area (Å²) in [6.45, 7) is 13.5. The molecule has 1 saturated carbocycles. The maximum absolute atomic E-state index is 13.0. The number of aromatic hydroxyl groups is 1. The first-order valence-corrected chi connectivity index (χ1v) is 13.0. The van der Waals surface area contributed by atoms with Crippen LogP contribution in [0.3, 0.4) is 0 Å². The molecule has 2 aliphatic carbocycles. The fraction of sp³-hybridized carbons (Fsp3) is 0.533. The molecule has 1 saturated heterocycles. The lowest BCUT2D eigenvalue weighted by molar-refractivity contribution is -0.254. The van der Waals surface area contributed by atoms with Crippen LogP contribution < -0.4 is 0 Å². The van der Waals surface area contributed by atoms with Crippen LogP contribution in [0.2, 0.25) is 0 Å². The number of phenolic OH excluding ortho intramolecular Hbond substituents is 1. The van der Waals surface area contributed by atoms with Crippen molar-refractivity contribution >= 4 is 11.9 Å². The monoisotopic (exact) mass is 526 g/mol. The van der Waals surface area contributed by atoms with Crippen LogP contribution in [0.4, 0.5) is 0 Å². The number of allylic oxidation sites excluding steroid dienone is 2. The summed E-state index contributed by atoms with van der Waals surface area (Å²) in [6.07, 6.45) is 2.40. The minimum absolute atomic E-state index is 0.0516. The second kappa shape index (κ2) is 10.7. The van der Waals surface area contributed by atoms with Crippen LogP contribution in [0.25, 0.3) is 0 Å². The lowest BCUT2D eigenvalue weighted by Gasteiger charge is -2.60. The van der Waals surface area contributed by atoms with Gasteiger partial charge in [0.1, 0.15) is 11.9 Å². The molecular weight excluding hydrogens is 488 g/mol. The van der Waals surface area contributed by atoms with Crippen LogP contribution in [-0.2, 0) is 23.7 Å². The largest absolute Gasteiger partial charge is 0.508 e. The first-order chi connectivity index (χ1) is 18.0. The molecule has 8 atom stereocenters. The fourth-order valence-electron chi connectivity index (χ4n) is 6.76. The molecule has 2 fully saturated rings. The van der Waals surface area contributed by atoms with Gasteiger partial charge >= 0.3 is 11.9 Å². The maximum atomic E-state index is 13.0. The highest BCUT2D eigenvalue weighted by Crippen LogP contribution is 2.67. The molecule has 2 N–H and O–H groups in total. The Morgan fingerprint density at radius 2 is 1.89 bits per heavy atom. The number of rotatable bonds is 8. The molecule has 1 aromatic carbocycles. The lowest BCUT2D eigenvalue weighted by Crippen LogP contribution is -2.63. The van der Waals surface area contributed by atoms with Gasteiger partial charge in [-0.15, -0.1) is 0 Å². The van der Waals surface area contributed by atoms with E-state index in [4.69, 9.17) is 18.9 Å². The summed E-state index contributed by atoms with van der Waals surface area (Å²) in [5, 5.41) is 21.3. The number of hydrogen-bond acceptors (Lipinski definition) is 8. The summed E-state index contributed by atoms with van der Waals surface area (Å²) in [5.41, 5.74) is 0.417. The normalized spacial score (nSPS) is 35.9. The summed E-state index contributed by atoms with van der Waals surface area (Å²) in [5.74, 6) is -1.19. The van der Waals surface area contributed by atoms with Gasteiger partial charge in [-0.3, -0.25) is 4.79 Å². The Bertz CT molecular complexity index is 1120. The summed E-state index contributed by atoms with van der Waals surface area (Å²) >= 11 is 0. The van der Waals surface area contributed by atoms with E-state index in [1.807, 2.05) is 0 Å². The van der Waals surface area contributed by atoms with Crippen molar-refractivity contribution in [1.82, 2.24) is 0 Å². The van der Waals surface area contributed by atoms with Crippen LogP contribution in [-0.4, -0.2) is 54.0 Å². The molecule has 3 aliphatic rings. The number of carbonyl (C=O) groups is 2. The Morgan fingerprint density at radius 1 is 1.21 bits per heavy atom. The molecule has 206 valence electrons. The van der Waals surface area contributed by atoms with Gasteiger partial charge in [0.05, 0.1) is 17.1 Å². The van der Waals surface area contributed by atoms with Crippen LogP contribution in [0.5, 0.6) is 5.75 Å². The fourth-order valence-corrected chi connectivity index (χ4v) is 6.76. The van der Waals surface area contributed by atoms with Crippen molar-refractivity contribution in [1.29, 1.82) is 0 Å². The molecular formula is C30H38O8. The highest BCUT2D eigenvalue weighted by Gasteiger charge is 2.70. The molecule has 8 nitrogen and oxygen atoms in total. The standard InChI is InChI=1S/C30H38O8/c1-7-17(2)12-13-29(5)18(3)14-25(33)30-23(27(35-6)38-28(30)36-19(4)31)15-22(16-24(29)30)37-26(34)20-8-10-21(32)11-9-20/h7-11,15,18,22,24-25,27-28,32-33H,1-2,12-14,16H2,3-6H3/t18-,22-,24+,25+,27+,28-,29-,30?/m1/s1. The third kappa shape index (κ3) is 4.70. The third-order valence-corrected chi connectivity index (χ3v) is 8.97. The smallest absolute Gasteiger partial charge is 0.338 e. The minimum Gasteiger partial charge on any atom is -0.508 e. The molecule has 0 aromatic heterocycles. The predicted molar refractivity (Wildman–Crippen MR) is 140 cm³/mol. The third-order valence-electron chi connectivity index (χ3n) is 8.97. The van der Waals surface area contributed by atoms with Crippen molar-refractivity contribution in [2.75, 3.05) is 7.11 Å². The van der Waals surface area contributed by atoms with E-state index in [9.17, 15) is 19.8 Å². The quantitative estimate of drug-likeness (QED) is 0.286. The van der Waals surface area contributed by atoms with Crippen molar-refractivity contribution in [3.05, 3.63) is 66.3 Å². The lowest BCUT2D eigenvalue weighted by atomic mass is 9.45. The topological polar surface area (TPSA) is 112 Å². The Balaban J connectivity index is 1.80. The Labute approximate surface area is 223 Å². The Kier molecular flexibility index (Phi) is 7.89. The molecule has 0 amide bonds. The highest BCUT2D eigenvalue weighted by molar-refractivity contribution is 5.89. The highest BCUT2D eigenvalue weighted by atomic mass is 16.8. The number of carbonyl (C=O) groups excluding carboxylic acids is 2. The first-order valence-electron chi connectivity index (χ1n) is 13.0. The summed E-state index contributed by atoms with van der Waals surface area (Å²) in [7, 11) is 1.49. The van der Waals surface area contributed by atoms with Crippen LogP contribution in [0.15, 0.2) is 60.7 Å². The van der Waals surface area contributed by atoms with Crippen LogP contribution in [0.1, 0.15) is 56.8 Å². The van der Waals surface area contributed by atoms with E-state index in [-0.39, 0.29) is 23.0 Å². The average Bonchev–Trinajstić information content (AvgIpc) is 3.19. The molecule has 38 heavy (non-hydrogen) atoms. The van der Waals surface area contributed by atoms with Crippen molar-refractivity contribution in [3.63, 3.8) is 0 Å². The van der Waals surface area contributed by atoms with Gasteiger partial charge in [0, 0.05) is 19.6 Å². The first kappa shape index (κ1) is 28.1. The number of aliphatic hydroxyl groups is 1. The molecule has 1 aliphatic heterocycles. The van der Waals surface area contributed by atoms with E-state index in [0.29, 0.717) is 30.4 Å². The van der Waals surface area contributed by atoms with Gasteiger partial charge in [-0.25, -0.2) is 4.79 Å². The van der Waals surface area contributed by atoms with Crippen molar-refractivity contribution in [3.8, 4) is 5.75 Å². The van der Waals surface area contributed by atoms with Crippen molar-refractivity contribution in [2.45, 2.75) is 71.2 Å². The van der Waals surface area contributed by atoms with Gasteiger partial charge in [-0.05, 0) is 73.3 Å². The molecule has 0 radical (unpaired) electrons. The maximum Gasteiger partial charge on any atom is 0.338 e. The molecule has 1 aromatic rings. The summed E-state index contributed by atoms with van der Waals surface area (Å²) in [6, 6.07) is 5.86. The zero-order valence-electron chi connectivity index (χ0n) is 22.5. The number of aliphatic hydroxyl groups excluding tert-OH is 1. The van der Waals surface area contributed by atoms with E-state index < -0.39 is 42.1 Å². The Hall–Kier alpha value is -2.94.